The zero-order valence-electron chi connectivity index (χ0n) is 11.1. The van der Waals surface area contributed by atoms with Crippen molar-refractivity contribution in [2.45, 2.75) is 13.1 Å². The van der Waals surface area contributed by atoms with E-state index in [-0.39, 0.29) is 25.6 Å². The van der Waals surface area contributed by atoms with E-state index in [1.807, 2.05) is 30.3 Å². The molecule has 0 aliphatic rings. The molecule has 0 spiro atoms. The molecule has 0 fully saturated rings. The molecule has 2 aromatic rings. The van der Waals surface area contributed by atoms with E-state index in [0.29, 0.717) is 6.54 Å². The van der Waals surface area contributed by atoms with Crippen molar-refractivity contribution in [3.05, 3.63) is 48.3 Å². The van der Waals surface area contributed by atoms with Crippen LogP contribution in [0.3, 0.4) is 0 Å². The SMILES string of the molecule is O=C(Cn1cc(NCc2ccccc2)cn1)NCCO. The van der Waals surface area contributed by atoms with Gasteiger partial charge in [-0.1, -0.05) is 30.3 Å². The molecular weight excluding hydrogens is 256 g/mol. The first-order valence-corrected chi connectivity index (χ1v) is 6.46. The highest BCUT2D eigenvalue weighted by atomic mass is 16.3. The molecule has 6 heteroatoms. The summed E-state index contributed by atoms with van der Waals surface area (Å²) in [5, 5.41) is 18.5. The van der Waals surface area contributed by atoms with Crippen molar-refractivity contribution in [3.8, 4) is 0 Å². The summed E-state index contributed by atoms with van der Waals surface area (Å²) in [6.45, 7) is 1.06. The van der Waals surface area contributed by atoms with E-state index < -0.39 is 0 Å². The van der Waals surface area contributed by atoms with E-state index in [1.165, 1.54) is 5.56 Å². The van der Waals surface area contributed by atoms with Gasteiger partial charge in [0.1, 0.15) is 6.54 Å². The van der Waals surface area contributed by atoms with Crippen LogP contribution in [0.15, 0.2) is 42.7 Å². The zero-order chi connectivity index (χ0) is 14.2. The summed E-state index contributed by atoms with van der Waals surface area (Å²) >= 11 is 0. The number of anilines is 1. The first-order chi connectivity index (χ1) is 9.78. The second kappa shape index (κ2) is 7.30. The third kappa shape index (κ3) is 4.40. The largest absolute Gasteiger partial charge is 0.395 e. The van der Waals surface area contributed by atoms with Crippen LogP contribution in [-0.2, 0) is 17.9 Å². The Kier molecular flexibility index (Phi) is 5.14. The van der Waals surface area contributed by atoms with Crippen molar-refractivity contribution >= 4 is 11.6 Å². The number of aliphatic hydroxyl groups excluding tert-OH is 1. The normalized spacial score (nSPS) is 10.2. The number of aromatic nitrogens is 2. The Morgan fingerprint density at radius 1 is 1.30 bits per heavy atom. The van der Waals surface area contributed by atoms with Crippen LogP contribution < -0.4 is 10.6 Å². The molecule has 2 rings (SSSR count). The van der Waals surface area contributed by atoms with E-state index in [4.69, 9.17) is 5.11 Å². The predicted molar refractivity (Wildman–Crippen MR) is 76.1 cm³/mol. The minimum Gasteiger partial charge on any atom is -0.395 e. The van der Waals surface area contributed by atoms with Crippen LogP contribution in [0.1, 0.15) is 5.56 Å². The van der Waals surface area contributed by atoms with Gasteiger partial charge in [0.25, 0.3) is 0 Å². The van der Waals surface area contributed by atoms with Gasteiger partial charge in [-0.05, 0) is 5.56 Å². The first-order valence-electron chi connectivity index (χ1n) is 6.46. The van der Waals surface area contributed by atoms with Gasteiger partial charge in [-0.15, -0.1) is 0 Å². The molecule has 0 radical (unpaired) electrons. The lowest BCUT2D eigenvalue weighted by Gasteiger charge is -2.04. The van der Waals surface area contributed by atoms with Crippen molar-refractivity contribution in [1.82, 2.24) is 15.1 Å². The Morgan fingerprint density at radius 2 is 2.10 bits per heavy atom. The summed E-state index contributed by atoms with van der Waals surface area (Å²) in [4.78, 5) is 11.5. The Hall–Kier alpha value is -2.34. The number of hydrogen-bond donors (Lipinski definition) is 3. The van der Waals surface area contributed by atoms with Crippen LogP contribution in [0.2, 0.25) is 0 Å². The van der Waals surface area contributed by atoms with Crippen LogP contribution in [0.25, 0.3) is 0 Å². The summed E-state index contributed by atoms with van der Waals surface area (Å²) in [5.41, 5.74) is 2.05. The summed E-state index contributed by atoms with van der Waals surface area (Å²) in [6, 6.07) is 10.0. The monoisotopic (exact) mass is 274 g/mol. The van der Waals surface area contributed by atoms with Gasteiger partial charge in [-0.25, -0.2) is 0 Å². The molecule has 6 nitrogen and oxygen atoms in total. The summed E-state index contributed by atoms with van der Waals surface area (Å²) < 4.78 is 1.56. The van der Waals surface area contributed by atoms with Crippen molar-refractivity contribution in [3.63, 3.8) is 0 Å². The van der Waals surface area contributed by atoms with E-state index >= 15 is 0 Å². The van der Waals surface area contributed by atoms with Gasteiger partial charge < -0.3 is 15.7 Å². The van der Waals surface area contributed by atoms with E-state index in [0.717, 1.165) is 5.69 Å². The molecule has 1 amide bonds. The predicted octanol–water partition coefficient (Wildman–Crippen LogP) is 0.604. The number of benzene rings is 1. The van der Waals surface area contributed by atoms with Crippen LogP contribution in [0, 0.1) is 0 Å². The van der Waals surface area contributed by atoms with E-state index in [9.17, 15) is 4.79 Å². The Bertz CT molecular complexity index is 539. The van der Waals surface area contributed by atoms with Gasteiger partial charge >= 0.3 is 0 Å². The molecule has 0 unspecified atom stereocenters. The molecule has 3 N–H and O–H groups in total. The molecule has 0 atom stereocenters. The van der Waals surface area contributed by atoms with Gasteiger partial charge in [-0.2, -0.15) is 5.10 Å². The van der Waals surface area contributed by atoms with Crippen LogP contribution in [0.5, 0.6) is 0 Å². The first kappa shape index (κ1) is 14.1. The fourth-order valence-electron chi connectivity index (χ4n) is 1.74. The Labute approximate surface area is 117 Å². The number of aliphatic hydroxyl groups is 1. The zero-order valence-corrected chi connectivity index (χ0v) is 11.1. The standard InChI is InChI=1S/C14H18N4O2/c19-7-6-15-14(20)11-18-10-13(9-17-18)16-8-12-4-2-1-3-5-12/h1-5,9-10,16,19H,6-8,11H2,(H,15,20). The lowest BCUT2D eigenvalue weighted by Crippen LogP contribution is -2.30. The molecule has 1 heterocycles. The Morgan fingerprint density at radius 3 is 2.85 bits per heavy atom. The molecule has 106 valence electrons. The number of nitrogens with zero attached hydrogens (tertiary/aromatic N) is 2. The highest BCUT2D eigenvalue weighted by molar-refractivity contribution is 5.75. The lowest BCUT2D eigenvalue weighted by molar-refractivity contribution is -0.122. The van der Waals surface area contributed by atoms with Crippen molar-refractivity contribution in [1.29, 1.82) is 0 Å². The number of carbonyl (C=O) groups is 1. The number of nitrogens with one attached hydrogen (secondary N) is 2. The highest BCUT2D eigenvalue weighted by Gasteiger charge is 2.04. The van der Waals surface area contributed by atoms with Gasteiger partial charge in [-0.3, -0.25) is 9.48 Å². The molecular formula is C14H18N4O2. The van der Waals surface area contributed by atoms with E-state index in [2.05, 4.69) is 15.7 Å². The van der Waals surface area contributed by atoms with Crippen molar-refractivity contribution in [2.75, 3.05) is 18.5 Å². The number of hydrogen-bond acceptors (Lipinski definition) is 4. The maximum Gasteiger partial charge on any atom is 0.241 e. The van der Waals surface area contributed by atoms with Crippen molar-refractivity contribution in [2.24, 2.45) is 0 Å². The molecule has 1 aromatic carbocycles. The fourth-order valence-corrected chi connectivity index (χ4v) is 1.74. The maximum absolute atomic E-state index is 11.5. The third-order valence-corrected chi connectivity index (χ3v) is 2.71. The molecule has 0 aliphatic heterocycles. The minimum atomic E-state index is -0.170. The Balaban J connectivity index is 1.81. The molecule has 0 bridgehead atoms. The van der Waals surface area contributed by atoms with Gasteiger partial charge in [0, 0.05) is 19.3 Å². The summed E-state index contributed by atoms with van der Waals surface area (Å²) in [5.74, 6) is -0.170. The molecule has 0 aliphatic carbocycles. The van der Waals surface area contributed by atoms with Crippen LogP contribution >= 0.6 is 0 Å². The van der Waals surface area contributed by atoms with Crippen molar-refractivity contribution < 1.29 is 9.90 Å². The topological polar surface area (TPSA) is 79.2 Å². The smallest absolute Gasteiger partial charge is 0.241 e. The average Bonchev–Trinajstić information content (AvgIpc) is 2.91. The second-order valence-electron chi connectivity index (χ2n) is 4.34. The highest BCUT2D eigenvalue weighted by Crippen LogP contribution is 2.07. The fraction of sp³-hybridized carbons (Fsp3) is 0.286. The number of rotatable bonds is 7. The third-order valence-electron chi connectivity index (χ3n) is 2.71. The molecule has 0 saturated carbocycles. The van der Waals surface area contributed by atoms with Crippen LogP contribution in [0.4, 0.5) is 5.69 Å². The van der Waals surface area contributed by atoms with Gasteiger partial charge in [0.05, 0.1) is 18.5 Å². The number of carbonyl (C=O) groups excluding carboxylic acids is 1. The van der Waals surface area contributed by atoms with Gasteiger partial charge in [0.15, 0.2) is 0 Å². The minimum absolute atomic E-state index is 0.0608. The average molecular weight is 274 g/mol. The summed E-state index contributed by atoms with van der Waals surface area (Å²) in [7, 11) is 0. The molecule has 20 heavy (non-hydrogen) atoms. The molecule has 1 aromatic heterocycles. The van der Waals surface area contributed by atoms with Crippen LogP contribution in [-0.4, -0.2) is 33.9 Å². The number of amides is 1. The molecule has 0 saturated heterocycles. The van der Waals surface area contributed by atoms with Gasteiger partial charge in [0.2, 0.25) is 5.91 Å². The quantitative estimate of drug-likeness (QED) is 0.691. The lowest BCUT2D eigenvalue weighted by atomic mass is 10.2. The summed E-state index contributed by atoms with van der Waals surface area (Å²) in [6.07, 6.45) is 3.46. The maximum atomic E-state index is 11.5. The second-order valence-corrected chi connectivity index (χ2v) is 4.34. The van der Waals surface area contributed by atoms with E-state index in [1.54, 1.807) is 17.1 Å².